The molecule has 0 atom stereocenters. The fourth-order valence-electron chi connectivity index (χ4n) is 3.19. The van der Waals surface area contributed by atoms with Gasteiger partial charge in [-0.2, -0.15) is 0 Å². The summed E-state index contributed by atoms with van der Waals surface area (Å²) in [6, 6.07) is 18.5. The Balaban J connectivity index is 1.82. The fraction of sp³-hybridized carbons (Fsp3) is 0.125. The molecule has 2 N–H and O–H groups in total. The molecule has 3 rings (SSSR count). The molecule has 3 aromatic carbocycles. The van der Waals surface area contributed by atoms with Crippen LogP contribution in [-0.2, 0) is 6.54 Å². The van der Waals surface area contributed by atoms with Gasteiger partial charge in [-0.25, -0.2) is 4.79 Å². The van der Waals surface area contributed by atoms with Gasteiger partial charge in [0.1, 0.15) is 5.75 Å². The third-order valence-electron chi connectivity index (χ3n) is 4.73. The Hall–Kier alpha value is -3.44. The molecule has 0 fully saturated rings. The van der Waals surface area contributed by atoms with Gasteiger partial charge in [-0.15, -0.1) is 0 Å². The first-order chi connectivity index (χ1) is 14.4. The molecule has 0 saturated carbocycles. The van der Waals surface area contributed by atoms with Gasteiger partial charge in [-0.05, 0) is 59.7 Å². The fourth-order valence-corrected chi connectivity index (χ4v) is 3.36. The molecule has 0 amide bonds. The number of carbonyl (C=O) groups is 1. The number of ether oxygens (including phenoxy) is 1. The average Bonchev–Trinajstić information content (AvgIpc) is 2.75. The van der Waals surface area contributed by atoms with E-state index < -0.39 is 5.97 Å². The predicted octanol–water partition coefficient (Wildman–Crippen LogP) is 6.07. The van der Waals surface area contributed by atoms with Crippen LogP contribution in [0.1, 0.15) is 21.5 Å². The summed E-state index contributed by atoms with van der Waals surface area (Å²) in [4.78, 5) is 13.6. The van der Waals surface area contributed by atoms with Crippen LogP contribution in [-0.4, -0.2) is 25.2 Å². The van der Waals surface area contributed by atoms with Crippen LogP contribution < -0.4 is 15.0 Å². The Labute approximate surface area is 181 Å². The second kappa shape index (κ2) is 9.37. The summed E-state index contributed by atoms with van der Waals surface area (Å²) in [5, 5.41) is 13.0. The molecule has 0 unspecified atom stereocenters. The number of aromatic carboxylic acids is 1. The van der Waals surface area contributed by atoms with Gasteiger partial charge in [-0.1, -0.05) is 36.4 Å². The molecule has 0 heterocycles. The smallest absolute Gasteiger partial charge is 0.337 e. The molecular formula is C24H23ClN2O3. The van der Waals surface area contributed by atoms with Crippen molar-refractivity contribution >= 4 is 40.7 Å². The Morgan fingerprint density at radius 2 is 1.90 bits per heavy atom. The van der Waals surface area contributed by atoms with E-state index in [4.69, 9.17) is 16.3 Å². The van der Waals surface area contributed by atoms with Gasteiger partial charge in [0.2, 0.25) is 0 Å². The average molecular weight is 423 g/mol. The minimum atomic E-state index is -1.04. The van der Waals surface area contributed by atoms with Crippen LogP contribution in [0.5, 0.6) is 5.75 Å². The highest BCUT2D eigenvalue weighted by Gasteiger charge is 2.13. The molecule has 0 radical (unpaired) electrons. The Bertz CT molecular complexity index is 1060. The number of carboxylic acids is 1. The maximum absolute atomic E-state index is 11.5. The van der Waals surface area contributed by atoms with Crippen molar-refractivity contribution in [3.63, 3.8) is 0 Å². The van der Waals surface area contributed by atoms with E-state index in [0.717, 1.165) is 34.8 Å². The standard InChI is InChI=1S/C24H23ClN2O3/c1-4-17-13-19(26-22-11-7-18(25)14-21(22)24(28)29)8-12-23(17)27(2)15-16-5-9-20(30-3)10-6-16/h4-14,26H,1,15H2,2-3H3,(H,28,29). The molecule has 154 valence electrons. The van der Waals surface area contributed by atoms with Crippen molar-refractivity contribution in [2.75, 3.05) is 24.4 Å². The number of halogens is 1. The van der Waals surface area contributed by atoms with E-state index in [0.29, 0.717) is 10.7 Å². The van der Waals surface area contributed by atoms with Crippen molar-refractivity contribution in [1.82, 2.24) is 0 Å². The van der Waals surface area contributed by atoms with E-state index in [-0.39, 0.29) is 5.56 Å². The van der Waals surface area contributed by atoms with Crippen LogP contribution in [0.15, 0.2) is 67.2 Å². The van der Waals surface area contributed by atoms with Crippen LogP contribution in [0.25, 0.3) is 6.08 Å². The van der Waals surface area contributed by atoms with Crippen LogP contribution in [0.4, 0.5) is 17.1 Å². The van der Waals surface area contributed by atoms with Crippen molar-refractivity contribution in [1.29, 1.82) is 0 Å². The third kappa shape index (κ3) is 4.93. The van der Waals surface area contributed by atoms with Crippen LogP contribution >= 0.6 is 11.6 Å². The zero-order chi connectivity index (χ0) is 21.7. The quantitative estimate of drug-likeness (QED) is 0.461. The lowest BCUT2D eigenvalue weighted by atomic mass is 10.1. The van der Waals surface area contributed by atoms with Gasteiger partial charge >= 0.3 is 5.97 Å². The van der Waals surface area contributed by atoms with Crippen LogP contribution in [0, 0.1) is 0 Å². The number of hydrogen-bond acceptors (Lipinski definition) is 4. The van der Waals surface area contributed by atoms with Crippen molar-refractivity contribution in [2.24, 2.45) is 0 Å². The summed E-state index contributed by atoms with van der Waals surface area (Å²) in [6.07, 6.45) is 1.78. The molecule has 30 heavy (non-hydrogen) atoms. The molecule has 0 spiro atoms. The first-order valence-corrected chi connectivity index (χ1v) is 9.69. The number of carboxylic acid groups (broad SMARTS) is 1. The summed E-state index contributed by atoms with van der Waals surface area (Å²) in [6.45, 7) is 4.65. The summed E-state index contributed by atoms with van der Waals surface area (Å²) in [5.74, 6) is -0.216. The highest BCUT2D eigenvalue weighted by molar-refractivity contribution is 6.31. The lowest BCUT2D eigenvalue weighted by Crippen LogP contribution is -2.17. The van der Waals surface area contributed by atoms with Crippen LogP contribution in [0.3, 0.4) is 0 Å². The Morgan fingerprint density at radius 1 is 1.17 bits per heavy atom. The van der Waals surface area contributed by atoms with Crippen molar-refractivity contribution in [3.05, 3.63) is 89.0 Å². The van der Waals surface area contributed by atoms with E-state index in [1.165, 1.54) is 6.07 Å². The summed E-state index contributed by atoms with van der Waals surface area (Å²) in [7, 11) is 3.66. The zero-order valence-corrected chi connectivity index (χ0v) is 17.6. The number of benzene rings is 3. The van der Waals surface area contributed by atoms with Crippen LogP contribution in [0.2, 0.25) is 5.02 Å². The Kier molecular flexibility index (Phi) is 6.65. The predicted molar refractivity (Wildman–Crippen MR) is 123 cm³/mol. The highest BCUT2D eigenvalue weighted by Crippen LogP contribution is 2.30. The van der Waals surface area contributed by atoms with E-state index in [2.05, 4.69) is 16.8 Å². The van der Waals surface area contributed by atoms with Gasteiger partial charge in [-0.3, -0.25) is 0 Å². The highest BCUT2D eigenvalue weighted by atomic mass is 35.5. The van der Waals surface area contributed by atoms with Gasteiger partial charge in [0.25, 0.3) is 0 Å². The van der Waals surface area contributed by atoms with E-state index in [1.807, 2.05) is 49.5 Å². The zero-order valence-electron chi connectivity index (χ0n) is 16.9. The summed E-state index contributed by atoms with van der Waals surface area (Å²) >= 11 is 5.93. The number of methoxy groups -OCH3 is 1. The van der Waals surface area contributed by atoms with Crippen molar-refractivity contribution < 1.29 is 14.6 Å². The van der Waals surface area contributed by atoms with Gasteiger partial charge in [0.15, 0.2) is 0 Å². The van der Waals surface area contributed by atoms with E-state index >= 15 is 0 Å². The number of anilines is 3. The number of nitrogens with one attached hydrogen (secondary N) is 1. The normalized spacial score (nSPS) is 10.4. The first kappa shape index (κ1) is 21.3. The van der Waals surface area contributed by atoms with E-state index in [9.17, 15) is 9.90 Å². The van der Waals surface area contributed by atoms with E-state index in [1.54, 1.807) is 25.3 Å². The molecule has 0 saturated heterocycles. The summed E-state index contributed by atoms with van der Waals surface area (Å²) < 4.78 is 5.21. The second-order valence-electron chi connectivity index (χ2n) is 6.80. The first-order valence-electron chi connectivity index (χ1n) is 9.31. The third-order valence-corrected chi connectivity index (χ3v) is 4.96. The Morgan fingerprint density at radius 3 is 2.53 bits per heavy atom. The number of nitrogens with zero attached hydrogens (tertiary/aromatic N) is 1. The molecule has 0 aromatic heterocycles. The minimum absolute atomic E-state index is 0.114. The SMILES string of the molecule is C=Cc1cc(Nc2ccc(Cl)cc2C(=O)O)ccc1N(C)Cc1ccc(OC)cc1. The van der Waals surface area contributed by atoms with Gasteiger partial charge in [0, 0.05) is 30.0 Å². The lowest BCUT2D eigenvalue weighted by molar-refractivity contribution is 0.0698. The largest absolute Gasteiger partial charge is 0.497 e. The number of rotatable bonds is 8. The molecule has 0 aliphatic carbocycles. The maximum Gasteiger partial charge on any atom is 0.337 e. The van der Waals surface area contributed by atoms with Crippen molar-refractivity contribution in [3.8, 4) is 5.75 Å². The number of hydrogen-bond donors (Lipinski definition) is 2. The molecule has 5 nitrogen and oxygen atoms in total. The van der Waals surface area contributed by atoms with Gasteiger partial charge < -0.3 is 20.1 Å². The molecule has 6 heteroatoms. The van der Waals surface area contributed by atoms with Crippen molar-refractivity contribution in [2.45, 2.75) is 6.54 Å². The minimum Gasteiger partial charge on any atom is -0.497 e. The molecule has 3 aromatic rings. The molecule has 0 aliphatic heterocycles. The lowest BCUT2D eigenvalue weighted by Gasteiger charge is -2.23. The second-order valence-corrected chi connectivity index (χ2v) is 7.24. The summed E-state index contributed by atoms with van der Waals surface area (Å²) in [5.41, 5.74) is 4.45. The van der Waals surface area contributed by atoms with Gasteiger partial charge in [0.05, 0.1) is 18.4 Å². The molecular weight excluding hydrogens is 400 g/mol. The monoisotopic (exact) mass is 422 g/mol. The molecule has 0 bridgehead atoms. The topological polar surface area (TPSA) is 61.8 Å². The maximum atomic E-state index is 11.5. The molecule has 0 aliphatic rings.